The zero-order valence-electron chi connectivity index (χ0n) is 10.9. The second-order valence-electron chi connectivity index (χ2n) is 5.22. The molecule has 0 aromatic rings. The molecule has 0 bridgehead atoms. The van der Waals surface area contributed by atoms with Gasteiger partial charge in [0, 0.05) is 25.8 Å². The number of nitrogens with one attached hydrogen (secondary N) is 1. The molecule has 4 heteroatoms. The molecule has 5 atom stereocenters. The van der Waals surface area contributed by atoms with Crippen LogP contribution < -0.4 is 5.32 Å². The van der Waals surface area contributed by atoms with Crippen LogP contribution in [0.5, 0.6) is 0 Å². The predicted molar refractivity (Wildman–Crippen MR) is 66.0 cm³/mol. The van der Waals surface area contributed by atoms with Crippen molar-refractivity contribution < 1.29 is 14.6 Å². The second-order valence-corrected chi connectivity index (χ2v) is 5.22. The summed E-state index contributed by atoms with van der Waals surface area (Å²) < 4.78 is 11.1. The SMILES string of the molecule is CCOC1CC(NC2CCCC(O)C2)C1OC. The largest absolute Gasteiger partial charge is 0.393 e. The van der Waals surface area contributed by atoms with E-state index in [4.69, 9.17) is 9.47 Å². The van der Waals surface area contributed by atoms with Gasteiger partial charge in [0.25, 0.3) is 0 Å². The van der Waals surface area contributed by atoms with Crippen LogP contribution in [0.15, 0.2) is 0 Å². The Kier molecular flexibility index (Phi) is 4.79. The summed E-state index contributed by atoms with van der Waals surface area (Å²) in [6, 6.07) is 0.843. The monoisotopic (exact) mass is 243 g/mol. The Morgan fingerprint density at radius 2 is 2.12 bits per heavy atom. The molecular formula is C13H25NO3. The fourth-order valence-corrected chi connectivity index (χ4v) is 3.06. The number of rotatable bonds is 5. The van der Waals surface area contributed by atoms with Crippen molar-refractivity contribution in [2.45, 2.75) is 69.4 Å². The zero-order chi connectivity index (χ0) is 12.3. The molecule has 0 radical (unpaired) electrons. The van der Waals surface area contributed by atoms with Crippen molar-refractivity contribution in [3.8, 4) is 0 Å². The minimum Gasteiger partial charge on any atom is -0.393 e. The summed E-state index contributed by atoms with van der Waals surface area (Å²) in [6.45, 7) is 2.77. The third-order valence-electron chi connectivity index (χ3n) is 4.00. The zero-order valence-corrected chi connectivity index (χ0v) is 10.9. The van der Waals surface area contributed by atoms with Gasteiger partial charge in [-0.25, -0.2) is 0 Å². The van der Waals surface area contributed by atoms with Crippen LogP contribution in [0.25, 0.3) is 0 Å². The van der Waals surface area contributed by atoms with Gasteiger partial charge >= 0.3 is 0 Å². The lowest BCUT2D eigenvalue weighted by Gasteiger charge is -2.45. The van der Waals surface area contributed by atoms with Crippen molar-refractivity contribution in [3.63, 3.8) is 0 Å². The summed E-state index contributed by atoms with van der Waals surface area (Å²) in [5.74, 6) is 0. The summed E-state index contributed by atoms with van der Waals surface area (Å²) in [5, 5.41) is 13.3. The van der Waals surface area contributed by atoms with Gasteiger partial charge in [-0.2, -0.15) is 0 Å². The van der Waals surface area contributed by atoms with E-state index in [1.165, 1.54) is 6.42 Å². The van der Waals surface area contributed by atoms with Gasteiger partial charge in [-0.3, -0.25) is 0 Å². The highest BCUT2D eigenvalue weighted by molar-refractivity contribution is 4.99. The molecule has 2 saturated carbocycles. The first-order chi connectivity index (χ1) is 8.24. The average molecular weight is 243 g/mol. The highest BCUT2D eigenvalue weighted by atomic mass is 16.5. The van der Waals surface area contributed by atoms with Gasteiger partial charge in [-0.15, -0.1) is 0 Å². The van der Waals surface area contributed by atoms with E-state index in [1.54, 1.807) is 7.11 Å². The molecule has 0 heterocycles. The number of aliphatic hydroxyl groups is 1. The Bertz CT molecular complexity index is 237. The molecule has 0 aliphatic heterocycles. The number of aliphatic hydroxyl groups excluding tert-OH is 1. The lowest BCUT2D eigenvalue weighted by atomic mass is 9.83. The Morgan fingerprint density at radius 3 is 2.76 bits per heavy atom. The van der Waals surface area contributed by atoms with Gasteiger partial charge in [0.05, 0.1) is 18.3 Å². The lowest BCUT2D eigenvalue weighted by molar-refractivity contribution is -0.134. The molecule has 0 saturated heterocycles. The average Bonchev–Trinajstić information content (AvgIpc) is 2.28. The highest BCUT2D eigenvalue weighted by Gasteiger charge is 2.43. The topological polar surface area (TPSA) is 50.7 Å². The molecule has 0 amide bonds. The Morgan fingerprint density at radius 1 is 1.29 bits per heavy atom. The van der Waals surface area contributed by atoms with E-state index >= 15 is 0 Å². The molecule has 5 unspecified atom stereocenters. The van der Waals surface area contributed by atoms with Crippen LogP contribution in [0.3, 0.4) is 0 Å². The molecule has 2 aliphatic rings. The fraction of sp³-hybridized carbons (Fsp3) is 1.00. The molecule has 0 aromatic heterocycles. The van der Waals surface area contributed by atoms with Crippen LogP contribution in [0, 0.1) is 0 Å². The van der Waals surface area contributed by atoms with Gasteiger partial charge in [0.1, 0.15) is 0 Å². The molecule has 2 aliphatic carbocycles. The standard InChI is InChI=1S/C13H25NO3/c1-3-17-12-8-11(13(12)16-2)14-9-5-4-6-10(15)7-9/h9-15H,3-8H2,1-2H3. The Balaban J connectivity index is 1.76. The molecule has 0 aromatic carbocycles. The quantitative estimate of drug-likeness (QED) is 0.758. The molecular weight excluding hydrogens is 218 g/mol. The van der Waals surface area contributed by atoms with E-state index in [0.29, 0.717) is 12.1 Å². The summed E-state index contributed by atoms with van der Waals surface area (Å²) in [4.78, 5) is 0. The van der Waals surface area contributed by atoms with E-state index in [-0.39, 0.29) is 18.3 Å². The lowest BCUT2D eigenvalue weighted by Crippen LogP contribution is -2.62. The normalized spacial score (nSPS) is 42.2. The minimum atomic E-state index is -0.120. The number of ether oxygens (including phenoxy) is 2. The smallest absolute Gasteiger partial charge is 0.0986 e. The maximum atomic E-state index is 9.65. The summed E-state index contributed by atoms with van der Waals surface area (Å²) >= 11 is 0. The number of hydrogen-bond donors (Lipinski definition) is 2. The summed E-state index contributed by atoms with van der Waals surface area (Å²) in [6.07, 6.45) is 5.46. The minimum absolute atomic E-state index is 0.120. The van der Waals surface area contributed by atoms with E-state index in [9.17, 15) is 5.11 Å². The predicted octanol–water partition coefficient (Wildman–Crippen LogP) is 1.07. The summed E-state index contributed by atoms with van der Waals surface area (Å²) in [5.41, 5.74) is 0. The highest BCUT2D eigenvalue weighted by Crippen LogP contribution is 2.29. The van der Waals surface area contributed by atoms with Crippen LogP contribution in [0.1, 0.15) is 39.0 Å². The van der Waals surface area contributed by atoms with Crippen molar-refractivity contribution in [3.05, 3.63) is 0 Å². The molecule has 4 nitrogen and oxygen atoms in total. The third-order valence-corrected chi connectivity index (χ3v) is 4.00. The fourth-order valence-electron chi connectivity index (χ4n) is 3.06. The molecule has 17 heavy (non-hydrogen) atoms. The first kappa shape index (κ1) is 13.3. The first-order valence-corrected chi connectivity index (χ1v) is 6.83. The molecule has 2 N–H and O–H groups in total. The number of methoxy groups -OCH3 is 1. The van der Waals surface area contributed by atoms with E-state index < -0.39 is 0 Å². The van der Waals surface area contributed by atoms with Gasteiger partial charge in [0.2, 0.25) is 0 Å². The second kappa shape index (κ2) is 6.14. The van der Waals surface area contributed by atoms with Crippen molar-refractivity contribution in [1.29, 1.82) is 0 Å². The van der Waals surface area contributed by atoms with Gasteiger partial charge < -0.3 is 19.9 Å². The van der Waals surface area contributed by atoms with Gasteiger partial charge in [0.15, 0.2) is 0 Å². The van der Waals surface area contributed by atoms with Crippen molar-refractivity contribution in [2.24, 2.45) is 0 Å². The van der Waals surface area contributed by atoms with E-state index in [1.807, 2.05) is 6.92 Å². The van der Waals surface area contributed by atoms with Crippen molar-refractivity contribution >= 4 is 0 Å². The third kappa shape index (κ3) is 3.19. The molecule has 2 fully saturated rings. The molecule has 0 spiro atoms. The van der Waals surface area contributed by atoms with Crippen molar-refractivity contribution in [1.82, 2.24) is 5.32 Å². The van der Waals surface area contributed by atoms with Crippen LogP contribution in [-0.2, 0) is 9.47 Å². The first-order valence-electron chi connectivity index (χ1n) is 6.83. The molecule has 100 valence electrons. The van der Waals surface area contributed by atoms with Gasteiger partial charge in [-0.1, -0.05) is 0 Å². The van der Waals surface area contributed by atoms with Crippen LogP contribution in [0.4, 0.5) is 0 Å². The maximum absolute atomic E-state index is 9.65. The molecule has 2 rings (SSSR count). The van der Waals surface area contributed by atoms with E-state index in [0.717, 1.165) is 32.3 Å². The van der Waals surface area contributed by atoms with Crippen LogP contribution in [0.2, 0.25) is 0 Å². The Hall–Kier alpha value is -0.160. The van der Waals surface area contributed by atoms with Gasteiger partial charge in [-0.05, 0) is 39.0 Å². The van der Waals surface area contributed by atoms with Crippen LogP contribution >= 0.6 is 0 Å². The van der Waals surface area contributed by atoms with Crippen molar-refractivity contribution in [2.75, 3.05) is 13.7 Å². The summed E-state index contributed by atoms with van der Waals surface area (Å²) in [7, 11) is 1.75. The number of hydrogen-bond acceptors (Lipinski definition) is 4. The van der Waals surface area contributed by atoms with Crippen LogP contribution in [-0.4, -0.2) is 49.2 Å². The Labute approximate surface area is 104 Å². The maximum Gasteiger partial charge on any atom is 0.0986 e. The van der Waals surface area contributed by atoms with E-state index in [2.05, 4.69) is 5.32 Å².